The number of unbranched alkanes of at least 4 members (excludes halogenated alkanes) is 1. The molecule has 26 heavy (non-hydrogen) atoms. The number of hydrogen-bond donors (Lipinski definition) is 0. The van der Waals surface area contributed by atoms with Crippen LogP contribution in [0.15, 0.2) is 36.7 Å². The second-order valence-electron chi connectivity index (χ2n) is 5.95. The molecule has 6 nitrogen and oxygen atoms in total. The zero-order valence-corrected chi connectivity index (χ0v) is 16.0. The van der Waals surface area contributed by atoms with E-state index in [9.17, 15) is 4.79 Å². The summed E-state index contributed by atoms with van der Waals surface area (Å²) in [6.07, 6.45) is 6.05. The van der Waals surface area contributed by atoms with E-state index in [1.54, 1.807) is 11.1 Å². The number of hydrogen-bond acceptors (Lipinski definition) is 5. The maximum absolute atomic E-state index is 12.8. The predicted molar refractivity (Wildman–Crippen MR) is 105 cm³/mol. The number of thiazole rings is 1. The number of benzene rings is 1. The van der Waals surface area contributed by atoms with Crippen LogP contribution in [0.4, 0.5) is 5.13 Å². The highest BCUT2D eigenvalue weighted by Gasteiger charge is 2.20. The molecular formula is C19H24N4O2S. The fraction of sp³-hybridized carbons (Fsp3) is 0.421. The van der Waals surface area contributed by atoms with E-state index >= 15 is 0 Å². The second-order valence-corrected chi connectivity index (χ2v) is 6.96. The van der Waals surface area contributed by atoms with E-state index in [0.29, 0.717) is 26.1 Å². The first-order valence-electron chi connectivity index (χ1n) is 9.03. The van der Waals surface area contributed by atoms with Gasteiger partial charge in [0.1, 0.15) is 11.3 Å². The highest BCUT2D eigenvalue weighted by molar-refractivity contribution is 7.22. The van der Waals surface area contributed by atoms with Gasteiger partial charge in [-0.2, -0.15) is 5.10 Å². The van der Waals surface area contributed by atoms with Crippen molar-refractivity contribution in [3.8, 4) is 5.75 Å². The number of para-hydroxylation sites is 1. The Morgan fingerprint density at radius 2 is 2.19 bits per heavy atom. The number of aromatic nitrogens is 3. The van der Waals surface area contributed by atoms with Gasteiger partial charge < -0.3 is 4.74 Å². The Hall–Kier alpha value is -2.41. The topological polar surface area (TPSA) is 60.2 Å². The van der Waals surface area contributed by atoms with Crippen molar-refractivity contribution >= 4 is 32.6 Å². The number of fused-ring (bicyclic) bond motifs is 1. The average molecular weight is 372 g/mol. The van der Waals surface area contributed by atoms with Crippen LogP contribution in [-0.2, 0) is 11.3 Å². The summed E-state index contributed by atoms with van der Waals surface area (Å²) >= 11 is 1.53. The Bertz CT molecular complexity index is 844. The predicted octanol–water partition coefficient (Wildman–Crippen LogP) is 4.11. The SMILES string of the molecule is CCCCC(=O)N(CCn1cccn1)c1nc2c(OCC)cccc2s1. The standard InChI is InChI=1S/C19H24N4O2S/c1-3-5-10-17(24)23(14-13-22-12-7-11-20-22)19-21-18-15(25-4-2)8-6-9-16(18)26-19/h6-9,11-12H,3-5,10,13-14H2,1-2H3. The molecule has 0 bridgehead atoms. The van der Waals surface area contributed by atoms with Crippen LogP contribution in [0, 0.1) is 0 Å². The molecule has 7 heteroatoms. The van der Waals surface area contributed by atoms with Gasteiger partial charge in [0.25, 0.3) is 0 Å². The van der Waals surface area contributed by atoms with Gasteiger partial charge in [0.2, 0.25) is 5.91 Å². The summed E-state index contributed by atoms with van der Waals surface area (Å²) in [5.41, 5.74) is 0.821. The summed E-state index contributed by atoms with van der Waals surface area (Å²) in [5.74, 6) is 0.872. The fourth-order valence-corrected chi connectivity index (χ4v) is 3.75. The van der Waals surface area contributed by atoms with E-state index in [4.69, 9.17) is 9.72 Å². The van der Waals surface area contributed by atoms with Crippen LogP contribution < -0.4 is 9.64 Å². The smallest absolute Gasteiger partial charge is 0.228 e. The lowest BCUT2D eigenvalue weighted by molar-refractivity contribution is -0.118. The Balaban J connectivity index is 1.88. The number of amides is 1. The molecule has 138 valence electrons. The molecule has 2 aromatic heterocycles. The van der Waals surface area contributed by atoms with E-state index in [1.807, 2.05) is 42.1 Å². The van der Waals surface area contributed by atoms with Crippen LogP contribution in [0.2, 0.25) is 0 Å². The lowest BCUT2D eigenvalue weighted by Crippen LogP contribution is -2.33. The van der Waals surface area contributed by atoms with E-state index < -0.39 is 0 Å². The van der Waals surface area contributed by atoms with Gasteiger partial charge in [-0.05, 0) is 31.5 Å². The number of rotatable bonds is 9. The summed E-state index contributed by atoms with van der Waals surface area (Å²) in [6.45, 7) is 5.82. The molecule has 0 saturated carbocycles. The number of carbonyl (C=O) groups excluding carboxylic acids is 1. The zero-order valence-electron chi connectivity index (χ0n) is 15.2. The summed E-state index contributed by atoms with van der Waals surface area (Å²) in [7, 11) is 0. The lowest BCUT2D eigenvalue weighted by atomic mass is 10.2. The number of nitrogens with zero attached hydrogens (tertiary/aromatic N) is 4. The highest BCUT2D eigenvalue weighted by atomic mass is 32.1. The molecule has 0 fully saturated rings. The normalized spacial score (nSPS) is 11.0. The van der Waals surface area contributed by atoms with Gasteiger partial charge in [0.05, 0.1) is 17.9 Å². The Kier molecular flexibility index (Phi) is 6.22. The molecule has 0 saturated heterocycles. The molecule has 0 aliphatic rings. The van der Waals surface area contributed by atoms with Gasteiger partial charge in [0, 0.05) is 25.4 Å². The molecule has 0 aliphatic heterocycles. The Morgan fingerprint density at radius 3 is 2.92 bits per heavy atom. The fourth-order valence-electron chi connectivity index (χ4n) is 2.72. The number of anilines is 1. The second kappa shape index (κ2) is 8.80. The van der Waals surface area contributed by atoms with Crippen molar-refractivity contribution in [1.82, 2.24) is 14.8 Å². The first kappa shape index (κ1) is 18.4. The minimum atomic E-state index is 0.107. The molecule has 1 amide bonds. The average Bonchev–Trinajstić information content (AvgIpc) is 3.30. The van der Waals surface area contributed by atoms with E-state index in [1.165, 1.54) is 11.3 Å². The molecule has 0 aliphatic carbocycles. The van der Waals surface area contributed by atoms with Crippen LogP contribution in [0.3, 0.4) is 0 Å². The van der Waals surface area contributed by atoms with Crippen LogP contribution in [0.25, 0.3) is 10.2 Å². The summed E-state index contributed by atoms with van der Waals surface area (Å²) in [6, 6.07) is 7.78. The van der Waals surface area contributed by atoms with Gasteiger partial charge >= 0.3 is 0 Å². The first-order chi connectivity index (χ1) is 12.7. The van der Waals surface area contributed by atoms with E-state index in [0.717, 1.165) is 33.9 Å². The Morgan fingerprint density at radius 1 is 1.31 bits per heavy atom. The molecule has 0 spiro atoms. The molecule has 1 aromatic carbocycles. The molecule has 3 aromatic rings. The minimum Gasteiger partial charge on any atom is -0.492 e. The van der Waals surface area contributed by atoms with Crippen LogP contribution in [0.5, 0.6) is 5.75 Å². The van der Waals surface area contributed by atoms with Crippen molar-refractivity contribution in [3.63, 3.8) is 0 Å². The van der Waals surface area contributed by atoms with Crippen molar-refractivity contribution in [2.24, 2.45) is 0 Å². The van der Waals surface area contributed by atoms with Gasteiger partial charge in [0.15, 0.2) is 5.13 Å². The largest absolute Gasteiger partial charge is 0.492 e. The summed E-state index contributed by atoms with van der Waals surface area (Å²) in [4.78, 5) is 19.3. The molecule has 3 rings (SSSR count). The van der Waals surface area contributed by atoms with Gasteiger partial charge in [-0.25, -0.2) is 4.98 Å². The quantitative estimate of drug-likeness (QED) is 0.567. The molecule has 0 atom stereocenters. The van der Waals surface area contributed by atoms with Crippen LogP contribution >= 0.6 is 11.3 Å². The van der Waals surface area contributed by atoms with Crippen molar-refractivity contribution < 1.29 is 9.53 Å². The third-order valence-corrected chi connectivity index (χ3v) is 5.10. The molecular weight excluding hydrogens is 348 g/mol. The monoisotopic (exact) mass is 372 g/mol. The van der Waals surface area contributed by atoms with Crippen molar-refractivity contribution in [2.45, 2.75) is 39.7 Å². The van der Waals surface area contributed by atoms with Crippen LogP contribution in [-0.4, -0.2) is 33.8 Å². The maximum atomic E-state index is 12.8. The number of carbonyl (C=O) groups is 1. The molecule has 0 N–H and O–H groups in total. The van der Waals surface area contributed by atoms with Gasteiger partial charge in [-0.3, -0.25) is 14.4 Å². The Labute approximate surface area is 157 Å². The minimum absolute atomic E-state index is 0.107. The number of ether oxygens (including phenoxy) is 1. The lowest BCUT2D eigenvalue weighted by Gasteiger charge is -2.19. The maximum Gasteiger partial charge on any atom is 0.228 e. The zero-order chi connectivity index (χ0) is 18.4. The van der Waals surface area contributed by atoms with Crippen molar-refractivity contribution in [3.05, 3.63) is 36.7 Å². The van der Waals surface area contributed by atoms with Gasteiger partial charge in [-0.1, -0.05) is 30.7 Å². The van der Waals surface area contributed by atoms with E-state index in [2.05, 4.69) is 12.0 Å². The van der Waals surface area contributed by atoms with Crippen molar-refractivity contribution in [1.29, 1.82) is 0 Å². The summed E-state index contributed by atoms with van der Waals surface area (Å²) < 4.78 is 8.54. The van der Waals surface area contributed by atoms with Crippen molar-refractivity contribution in [2.75, 3.05) is 18.1 Å². The van der Waals surface area contributed by atoms with E-state index in [-0.39, 0.29) is 5.91 Å². The molecule has 2 heterocycles. The first-order valence-corrected chi connectivity index (χ1v) is 9.84. The molecule has 0 unspecified atom stereocenters. The third-order valence-electron chi connectivity index (χ3n) is 4.06. The third kappa shape index (κ3) is 4.22. The van der Waals surface area contributed by atoms with Gasteiger partial charge in [-0.15, -0.1) is 0 Å². The summed E-state index contributed by atoms with van der Waals surface area (Å²) in [5, 5.41) is 4.95. The molecule has 0 radical (unpaired) electrons. The van der Waals surface area contributed by atoms with Crippen LogP contribution in [0.1, 0.15) is 33.1 Å². The highest BCUT2D eigenvalue weighted by Crippen LogP contribution is 2.34.